The number of likely N-dealkylation sites (tertiary alicyclic amines) is 1. The van der Waals surface area contributed by atoms with Crippen molar-refractivity contribution in [3.05, 3.63) is 42.5 Å². The lowest BCUT2D eigenvalue weighted by Crippen LogP contribution is -2.47. The van der Waals surface area contributed by atoms with E-state index in [1.165, 1.54) is 0 Å². The maximum atomic E-state index is 13.0. The fourth-order valence-corrected chi connectivity index (χ4v) is 3.35. The number of carbonyl (C=O) groups is 2. The number of hydrogen-bond donors (Lipinski definition) is 1. The molecule has 2 N–H and O–H groups in total. The summed E-state index contributed by atoms with van der Waals surface area (Å²) in [5.41, 5.74) is 7.46. The highest BCUT2D eigenvalue weighted by Gasteiger charge is 2.39. The van der Waals surface area contributed by atoms with Crippen molar-refractivity contribution in [3.63, 3.8) is 0 Å². The molecule has 0 spiro atoms. The van der Waals surface area contributed by atoms with Crippen molar-refractivity contribution in [2.75, 3.05) is 19.6 Å². The second-order valence-corrected chi connectivity index (χ2v) is 6.40. The van der Waals surface area contributed by atoms with E-state index >= 15 is 0 Å². The molecule has 0 saturated carbocycles. The van der Waals surface area contributed by atoms with Crippen LogP contribution in [-0.4, -0.2) is 68.1 Å². The summed E-state index contributed by atoms with van der Waals surface area (Å²) in [7, 11) is 0. The summed E-state index contributed by atoms with van der Waals surface area (Å²) >= 11 is 0. The Morgan fingerprint density at radius 1 is 1.15 bits per heavy atom. The van der Waals surface area contributed by atoms with Crippen molar-refractivity contribution in [2.45, 2.75) is 32.4 Å². The molecule has 1 aliphatic heterocycles. The number of likely N-dealkylation sites (N-methyl/N-ethyl adjacent to an activating group) is 1. The van der Waals surface area contributed by atoms with Crippen molar-refractivity contribution >= 4 is 11.8 Å². The van der Waals surface area contributed by atoms with Crippen LogP contribution in [0, 0.1) is 0 Å². The van der Waals surface area contributed by atoms with Crippen LogP contribution in [0.4, 0.5) is 0 Å². The number of nitrogens with two attached hydrogens (primary N) is 1. The van der Waals surface area contributed by atoms with Gasteiger partial charge in [-0.05, 0) is 44.5 Å². The van der Waals surface area contributed by atoms with E-state index in [-0.39, 0.29) is 17.9 Å². The summed E-state index contributed by atoms with van der Waals surface area (Å²) in [5.74, 6) is -0.198. The van der Waals surface area contributed by atoms with Gasteiger partial charge in [-0.3, -0.25) is 14.2 Å². The predicted octanol–water partition coefficient (Wildman–Crippen LogP) is 0.678. The largest absolute Gasteiger partial charge is 0.341 e. The maximum Gasteiger partial charge on any atom is 0.254 e. The minimum Gasteiger partial charge on any atom is -0.341 e. The zero-order chi connectivity index (χ0) is 18.7. The first-order valence-corrected chi connectivity index (χ1v) is 8.85. The second-order valence-electron chi connectivity index (χ2n) is 6.40. The topological polar surface area (TPSA) is 97.3 Å². The molecule has 0 bridgehead atoms. The fourth-order valence-electron chi connectivity index (χ4n) is 3.35. The van der Waals surface area contributed by atoms with Crippen LogP contribution in [0.1, 0.15) is 30.6 Å². The lowest BCUT2D eigenvalue weighted by molar-refractivity contribution is -0.134. The van der Waals surface area contributed by atoms with E-state index in [0.29, 0.717) is 31.6 Å². The normalized spacial score (nSPS) is 19.6. The van der Waals surface area contributed by atoms with Crippen LogP contribution in [-0.2, 0) is 4.79 Å². The van der Waals surface area contributed by atoms with Gasteiger partial charge in [-0.15, -0.1) is 10.2 Å². The summed E-state index contributed by atoms with van der Waals surface area (Å²) in [6, 6.07) is 6.48. The molecule has 2 heterocycles. The van der Waals surface area contributed by atoms with Crippen LogP contribution in [0.5, 0.6) is 0 Å². The molecular formula is C18H24N6O2. The van der Waals surface area contributed by atoms with E-state index in [4.69, 9.17) is 5.73 Å². The Bertz CT molecular complexity index is 754. The number of rotatable bonds is 5. The van der Waals surface area contributed by atoms with Crippen LogP contribution in [0.3, 0.4) is 0 Å². The van der Waals surface area contributed by atoms with Gasteiger partial charge in [0.1, 0.15) is 18.7 Å². The molecule has 26 heavy (non-hydrogen) atoms. The molecule has 1 aromatic heterocycles. The van der Waals surface area contributed by atoms with Gasteiger partial charge in [-0.1, -0.05) is 0 Å². The zero-order valence-corrected chi connectivity index (χ0v) is 15.1. The van der Waals surface area contributed by atoms with Gasteiger partial charge in [0.25, 0.3) is 5.91 Å². The maximum absolute atomic E-state index is 13.0. The molecule has 2 atom stereocenters. The summed E-state index contributed by atoms with van der Waals surface area (Å²) in [6.07, 6.45) is 3.68. The van der Waals surface area contributed by atoms with Crippen molar-refractivity contribution in [1.82, 2.24) is 24.6 Å². The van der Waals surface area contributed by atoms with Gasteiger partial charge in [-0.2, -0.15) is 0 Å². The average Bonchev–Trinajstić information content (AvgIpc) is 3.32. The molecule has 8 nitrogen and oxygen atoms in total. The number of amides is 2. The molecule has 0 unspecified atom stereocenters. The van der Waals surface area contributed by atoms with Gasteiger partial charge >= 0.3 is 0 Å². The molecule has 2 amide bonds. The molecule has 1 fully saturated rings. The van der Waals surface area contributed by atoms with Crippen molar-refractivity contribution < 1.29 is 9.59 Å². The van der Waals surface area contributed by atoms with Crippen molar-refractivity contribution in [3.8, 4) is 5.69 Å². The Labute approximate surface area is 152 Å². The Morgan fingerprint density at radius 3 is 2.35 bits per heavy atom. The Kier molecular flexibility index (Phi) is 5.32. The fraction of sp³-hybridized carbons (Fsp3) is 0.444. The quantitative estimate of drug-likeness (QED) is 0.849. The van der Waals surface area contributed by atoms with Crippen molar-refractivity contribution in [1.29, 1.82) is 0 Å². The Hall–Kier alpha value is -2.74. The highest BCUT2D eigenvalue weighted by molar-refractivity contribution is 5.98. The standard InChI is InChI=1S/C18H24N6O2/c1-3-22(4-2)18(26)16-9-14(19)10-24(16)17(25)13-5-7-15(8-6-13)23-11-20-21-12-23/h5-8,11-12,14,16H,3-4,9-10,19H2,1-2H3/t14-,16+/m1/s1. The second kappa shape index (κ2) is 7.65. The highest BCUT2D eigenvalue weighted by atomic mass is 16.2. The van der Waals surface area contributed by atoms with Crippen LogP contribution in [0.15, 0.2) is 36.9 Å². The summed E-state index contributed by atoms with van der Waals surface area (Å²) in [5, 5.41) is 7.54. The number of aromatic nitrogens is 3. The van der Waals surface area contributed by atoms with E-state index in [1.807, 2.05) is 26.0 Å². The number of carbonyl (C=O) groups excluding carboxylic acids is 2. The third-order valence-corrected chi connectivity index (χ3v) is 4.79. The molecule has 2 aromatic rings. The van der Waals surface area contributed by atoms with E-state index in [9.17, 15) is 9.59 Å². The smallest absolute Gasteiger partial charge is 0.254 e. The summed E-state index contributed by atoms with van der Waals surface area (Å²) in [6.45, 7) is 5.51. The molecule has 138 valence electrons. The lowest BCUT2D eigenvalue weighted by Gasteiger charge is -2.29. The zero-order valence-electron chi connectivity index (χ0n) is 15.1. The number of nitrogens with zero attached hydrogens (tertiary/aromatic N) is 5. The van der Waals surface area contributed by atoms with Gasteiger partial charge in [0, 0.05) is 36.9 Å². The van der Waals surface area contributed by atoms with E-state index in [2.05, 4.69) is 10.2 Å². The minimum atomic E-state index is -0.491. The highest BCUT2D eigenvalue weighted by Crippen LogP contribution is 2.22. The van der Waals surface area contributed by atoms with E-state index in [1.54, 1.807) is 39.2 Å². The summed E-state index contributed by atoms with van der Waals surface area (Å²) < 4.78 is 1.76. The molecule has 0 aliphatic carbocycles. The molecule has 1 aromatic carbocycles. The van der Waals surface area contributed by atoms with Gasteiger partial charge in [0.2, 0.25) is 5.91 Å². The first kappa shape index (κ1) is 18.1. The number of hydrogen-bond acceptors (Lipinski definition) is 5. The van der Waals surface area contributed by atoms with Gasteiger partial charge in [0.15, 0.2) is 0 Å². The van der Waals surface area contributed by atoms with Gasteiger partial charge in [0.05, 0.1) is 0 Å². The molecule has 1 aliphatic rings. The van der Waals surface area contributed by atoms with Crippen LogP contribution in [0.2, 0.25) is 0 Å². The third kappa shape index (κ3) is 3.45. The first-order valence-electron chi connectivity index (χ1n) is 8.85. The SMILES string of the molecule is CCN(CC)C(=O)[C@@H]1C[C@@H](N)CN1C(=O)c1ccc(-n2cnnc2)cc1. The van der Waals surface area contributed by atoms with E-state index < -0.39 is 6.04 Å². The van der Waals surface area contributed by atoms with Crippen LogP contribution >= 0.6 is 0 Å². The molecule has 3 rings (SSSR count). The lowest BCUT2D eigenvalue weighted by atomic mass is 10.1. The third-order valence-electron chi connectivity index (χ3n) is 4.79. The predicted molar refractivity (Wildman–Crippen MR) is 96.7 cm³/mol. The summed E-state index contributed by atoms with van der Waals surface area (Å²) in [4.78, 5) is 29.1. The monoisotopic (exact) mass is 356 g/mol. The average molecular weight is 356 g/mol. The van der Waals surface area contributed by atoms with Crippen molar-refractivity contribution in [2.24, 2.45) is 5.73 Å². The first-order chi connectivity index (χ1) is 12.5. The molecule has 8 heteroatoms. The molecule has 0 radical (unpaired) electrons. The van der Waals surface area contributed by atoms with Crippen LogP contribution < -0.4 is 5.73 Å². The minimum absolute atomic E-state index is 0.0302. The Morgan fingerprint density at radius 2 is 1.77 bits per heavy atom. The van der Waals surface area contributed by atoms with Gasteiger partial charge < -0.3 is 15.5 Å². The molecular weight excluding hydrogens is 332 g/mol. The number of benzene rings is 1. The van der Waals surface area contributed by atoms with Gasteiger partial charge in [-0.25, -0.2) is 0 Å². The van der Waals surface area contributed by atoms with Crippen LogP contribution in [0.25, 0.3) is 5.69 Å². The molecule has 1 saturated heterocycles. The van der Waals surface area contributed by atoms with E-state index in [0.717, 1.165) is 5.69 Å². The Balaban J connectivity index is 1.79.